The maximum Gasteiger partial charge on any atom is 0.224 e. The first-order chi connectivity index (χ1) is 12.7. The van der Waals surface area contributed by atoms with Gasteiger partial charge in [0.15, 0.2) is 11.6 Å². The van der Waals surface area contributed by atoms with Gasteiger partial charge in [-0.1, -0.05) is 6.07 Å². The Morgan fingerprint density at radius 1 is 1.19 bits per heavy atom. The lowest BCUT2D eigenvalue weighted by Gasteiger charge is -2.28. The molecule has 0 aromatic heterocycles. The fourth-order valence-corrected chi connectivity index (χ4v) is 2.92. The highest BCUT2D eigenvalue weighted by Crippen LogP contribution is 2.20. The van der Waals surface area contributed by atoms with E-state index in [1.54, 1.807) is 12.1 Å². The number of amides is 1. The SMILES string of the molecule is COc1ccc(CCC(=O)Nc2ccc(N3CCOCC3)cc2)cc1F. The smallest absolute Gasteiger partial charge is 0.224 e. The molecule has 0 atom stereocenters. The number of hydrogen-bond donors (Lipinski definition) is 1. The topological polar surface area (TPSA) is 50.8 Å². The van der Waals surface area contributed by atoms with Crippen LogP contribution in [-0.4, -0.2) is 39.3 Å². The van der Waals surface area contributed by atoms with Crippen molar-refractivity contribution in [2.45, 2.75) is 12.8 Å². The standard InChI is InChI=1S/C20H23FN2O3/c1-25-19-8-2-15(14-18(19)21)3-9-20(24)22-16-4-6-17(7-5-16)23-10-12-26-13-11-23/h2,4-8,14H,3,9-13H2,1H3,(H,22,24). The van der Waals surface area contributed by atoms with Crippen LogP contribution in [0.2, 0.25) is 0 Å². The highest BCUT2D eigenvalue weighted by Gasteiger charge is 2.11. The van der Waals surface area contributed by atoms with Crippen LogP contribution >= 0.6 is 0 Å². The van der Waals surface area contributed by atoms with E-state index in [2.05, 4.69) is 10.2 Å². The summed E-state index contributed by atoms with van der Waals surface area (Å²) in [6.45, 7) is 3.24. The summed E-state index contributed by atoms with van der Waals surface area (Å²) in [5.41, 5.74) is 2.65. The zero-order chi connectivity index (χ0) is 18.4. The van der Waals surface area contributed by atoms with E-state index in [1.807, 2.05) is 24.3 Å². The predicted octanol–water partition coefficient (Wildman–Crippen LogP) is 3.24. The quantitative estimate of drug-likeness (QED) is 0.861. The zero-order valence-corrected chi connectivity index (χ0v) is 14.8. The Morgan fingerprint density at radius 3 is 2.58 bits per heavy atom. The van der Waals surface area contributed by atoms with Gasteiger partial charge in [0.1, 0.15) is 0 Å². The minimum absolute atomic E-state index is 0.0969. The number of halogens is 1. The number of methoxy groups -OCH3 is 1. The Labute approximate surface area is 152 Å². The third kappa shape index (κ3) is 4.73. The Hall–Kier alpha value is -2.60. The van der Waals surface area contributed by atoms with Gasteiger partial charge in [-0.15, -0.1) is 0 Å². The maximum absolute atomic E-state index is 13.7. The van der Waals surface area contributed by atoms with Crippen LogP contribution in [0.4, 0.5) is 15.8 Å². The molecule has 1 aliphatic heterocycles. The van der Waals surface area contributed by atoms with E-state index in [4.69, 9.17) is 9.47 Å². The molecule has 0 aliphatic carbocycles. The number of carbonyl (C=O) groups is 1. The molecular weight excluding hydrogens is 335 g/mol. The van der Waals surface area contributed by atoms with Crippen molar-refractivity contribution in [3.63, 3.8) is 0 Å². The first kappa shape index (κ1) is 18.2. The number of ether oxygens (including phenoxy) is 2. The molecule has 1 heterocycles. The van der Waals surface area contributed by atoms with Crippen LogP contribution in [0.15, 0.2) is 42.5 Å². The Morgan fingerprint density at radius 2 is 1.92 bits per heavy atom. The molecule has 0 radical (unpaired) electrons. The van der Waals surface area contributed by atoms with Crippen LogP contribution in [-0.2, 0) is 16.0 Å². The largest absolute Gasteiger partial charge is 0.494 e. The van der Waals surface area contributed by atoms with Gasteiger partial charge in [0.25, 0.3) is 0 Å². The summed E-state index contributed by atoms with van der Waals surface area (Å²) in [5.74, 6) is -0.303. The molecule has 26 heavy (non-hydrogen) atoms. The normalized spacial score (nSPS) is 14.2. The van der Waals surface area contributed by atoms with Crippen LogP contribution < -0.4 is 15.0 Å². The first-order valence-electron chi connectivity index (χ1n) is 8.71. The van der Waals surface area contributed by atoms with Gasteiger partial charge in [0, 0.05) is 30.9 Å². The van der Waals surface area contributed by atoms with Gasteiger partial charge >= 0.3 is 0 Å². The molecule has 1 aliphatic rings. The van der Waals surface area contributed by atoms with Crippen molar-refractivity contribution in [2.24, 2.45) is 0 Å². The lowest BCUT2D eigenvalue weighted by molar-refractivity contribution is -0.116. The molecule has 0 unspecified atom stereocenters. The molecule has 2 aromatic carbocycles. The van der Waals surface area contributed by atoms with Crippen LogP contribution in [0.5, 0.6) is 5.75 Å². The van der Waals surface area contributed by atoms with Crippen molar-refractivity contribution in [1.29, 1.82) is 0 Å². The lowest BCUT2D eigenvalue weighted by Crippen LogP contribution is -2.36. The minimum atomic E-state index is -0.413. The highest BCUT2D eigenvalue weighted by molar-refractivity contribution is 5.91. The number of nitrogens with zero attached hydrogens (tertiary/aromatic N) is 1. The van der Waals surface area contributed by atoms with Gasteiger partial charge in [-0.3, -0.25) is 4.79 Å². The molecule has 2 aromatic rings. The number of benzene rings is 2. The van der Waals surface area contributed by atoms with E-state index < -0.39 is 5.82 Å². The minimum Gasteiger partial charge on any atom is -0.494 e. The summed E-state index contributed by atoms with van der Waals surface area (Å²) in [6, 6.07) is 12.5. The Bertz CT molecular complexity index is 743. The molecule has 6 heteroatoms. The second-order valence-electron chi connectivity index (χ2n) is 6.16. The summed E-state index contributed by atoms with van der Waals surface area (Å²) in [4.78, 5) is 14.4. The van der Waals surface area contributed by atoms with E-state index in [1.165, 1.54) is 13.2 Å². The summed E-state index contributed by atoms with van der Waals surface area (Å²) in [6.07, 6.45) is 0.760. The molecular formula is C20H23FN2O3. The second-order valence-corrected chi connectivity index (χ2v) is 6.16. The summed E-state index contributed by atoms with van der Waals surface area (Å²) in [5, 5.41) is 2.88. The summed E-state index contributed by atoms with van der Waals surface area (Å²) in [7, 11) is 1.43. The third-order valence-electron chi connectivity index (χ3n) is 4.38. The van der Waals surface area contributed by atoms with E-state index in [-0.39, 0.29) is 18.1 Å². The highest BCUT2D eigenvalue weighted by atomic mass is 19.1. The van der Waals surface area contributed by atoms with E-state index >= 15 is 0 Å². The first-order valence-corrected chi connectivity index (χ1v) is 8.71. The predicted molar refractivity (Wildman–Crippen MR) is 99.4 cm³/mol. The van der Waals surface area contributed by atoms with Gasteiger partial charge in [-0.25, -0.2) is 4.39 Å². The lowest BCUT2D eigenvalue weighted by atomic mass is 10.1. The van der Waals surface area contributed by atoms with Crippen LogP contribution in [0.1, 0.15) is 12.0 Å². The molecule has 5 nitrogen and oxygen atoms in total. The molecule has 0 saturated carbocycles. The zero-order valence-electron chi connectivity index (χ0n) is 14.8. The third-order valence-corrected chi connectivity index (χ3v) is 4.38. The van der Waals surface area contributed by atoms with E-state index in [9.17, 15) is 9.18 Å². The van der Waals surface area contributed by atoms with Crippen molar-refractivity contribution in [3.8, 4) is 5.75 Å². The maximum atomic E-state index is 13.7. The number of hydrogen-bond acceptors (Lipinski definition) is 4. The molecule has 0 bridgehead atoms. The van der Waals surface area contributed by atoms with Crippen LogP contribution in [0.25, 0.3) is 0 Å². The van der Waals surface area contributed by atoms with E-state index in [0.717, 1.165) is 43.2 Å². The summed E-state index contributed by atoms with van der Waals surface area (Å²) >= 11 is 0. The molecule has 0 spiro atoms. The summed E-state index contributed by atoms with van der Waals surface area (Å²) < 4.78 is 23.9. The Kier molecular flexibility index (Phi) is 6.07. The van der Waals surface area contributed by atoms with Crippen molar-refractivity contribution < 1.29 is 18.7 Å². The number of morpholine rings is 1. The number of aryl methyl sites for hydroxylation is 1. The van der Waals surface area contributed by atoms with Gasteiger partial charge in [0.05, 0.1) is 20.3 Å². The molecule has 138 valence electrons. The molecule has 1 N–H and O–H groups in total. The average molecular weight is 358 g/mol. The number of carbonyl (C=O) groups excluding carboxylic acids is 1. The van der Waals surface area contributed by atoms with Gasteiger partial charge in [-0.05, 0) is 48.4 Å². The van der Waals surface area contributed by atoms with Crippen LogP contribution in [0, 0.1) is 5.82 Å². The van der Waals surface area contributed by atoms with Crippen molar-refractivity contribution in [2.75, 3.05) is 43.6 Å². The monoisotopic (exact) mass is 358 g/mol. The molecule has 1 amide bonds. The number of nitrogens with one attached hydrogen (secondary N) is 1. The Balaban J connectivity index is 1.50. The van der Waals surface area contributed by atoms with Gasteiger partial charge < -0.3 is 19.7 Å². The molecule has 3 rings (SSSR count). The van der Waals surface area contributed by atoms with Crippen LogP contribution in [0.3, 0.4) is 0 Å². The fraction of sp³-hybridized carbons (Fsp3) is 0.350. The van der Waals surface area contributed by atoms with Gasteiger partial charge in [-0.2, -0.15) is 0 Å². The molecule has 1 fully saturated rings. The average Bonchev–Trinajstić information content (AvgIpc) is 2.68. The van der Waals surface area contributed by atoms with Gasteiger partial charge in [0.2, 0.25) is 5.91 Å². The van der Waals surface area contributed by atoms with Crippen molar-refractivity contribution >= 4 is 17.3 Å². The second kappa shape index (κ2) is 8.67. The number of anilines is 2. The van der Waals surface area contributed by atoms with E-state index in [0.29, 0.717) is 6.42 Å². The van der Waals surface area contributed by atoms with Crippen molar-refractivity contribution in [1.82, 2.24) is 0 Å². The fourth-order valence-electron chi connectivity index (χ4n) is 2.92. The number of rotatable bonds is 6. The van der Waals surface area contributed by atoms with Crippen molar-refractivity contribution in [3.05, 3.63) is 53.8 Å². The molecule has 1 saturated heterocycles.